The average Bonchev–Trinajstić information content (AvgIpc) is 2.26. The molecule has 0 aromatic heterocycles. The summed E-state index contributed by atoms with van der Waals surface area (Å²) in [6, 6.07) is 4.91. The molecule has 0 atom stereocenters. The highest BCUT2D eigenvalue weighted by atomic mass is 35.5. The maximum absolute atomic E-state index is 12.1. The highest BCUT2D eigenvalue weighted by Crippen LogP contribution is 2.28. The molecule has 1 aromatic rings. The highest BCUT2D eigenvalue weighted by molar-refractivity contribution is 6.36. The smallest absolute Gasteiger partial charge is 0.178 e. The van der Waals surface area contributed by atoms with E-state index >= 15 is 0 Å². The van der Waals surface area contributed by atoms with Gasteiger partial charge in [0.15, 0.2) is 5.78 Å². The fourth-order valence-corrected chi connectivity index (χ4v) is 2.91. The lowest BCUT2D eigenvalue weighted by molar-refractivity contribution is 0.0286. The van der Waals surface area contributed by atoms with E-state index < -0.39 is 0 Å². The van der Waals surface area contributed by atoms with Crippen molar-refractivity contribution in [2.24, 2.45) is 5.92 Å². The Hall–Kier alpha value is -0.610. The summed E-state index contributed by atoms with van der Waals surface area (Å²) in [6.45, 7) is 1.15. The Morgan fingerprint density at radius 2 is 2.11 bits per heavy atom. The lowest BCUT2D eigenvalue weighted by Gasteiger charge is -2.34. The number of halogens is 2. The van der Waals surface area contributed by atoms with E-state index in [1.165, 1.54) is 0 Å². The summed E-state index contributed by atoms with van der Waals surface area (Å²) in [5, 5.41) is 10.2. The second-order valence-electron chi connectivity index (χ2n) is 5.24. The minimum Gasteiger partial charge on any atom is -0.393 e. The predicted octanol–water partition coefficient (Wildman–Crippen LogP) is 2.88. The van der Waals surface area contributed by atoms with Crippen molar-refractivity contribution in [2.75, 3.05) is 20.1 Å². The molecule has 0 radical (unpaired) electrons. The first-order chi connectivity index (χ1) is 8.95. The normalized spacial score (nSPS) is 22.4. The number of hydrogen-bond acceptors (Lipinski definition) is 3. The van der Waals surface area contributed by atoms with Crippen LogP contribution in [0, 0.1) is 5.92 Å². The largest absolute Gasteiger partial charge is 0.393 e. The van der Waals surface area contributed by atoms with Gasteiger partial charge < -0.3 is 5.11 Å². The topological polar surface area (TPSA) is 40.5 Å². The van der Waals surface area contributed by atoms with E-state index in [0.717, 1.165) is 19.4 Å². The summed E-state index contributed by atoms with van der Waals surface area (Å²) in [7, 11) is 1.91. The zero-order chi connectivity index (χ0) is 14.0. The molecule has 1 N–H and O–H groups in total. The van der Waals surface area contributed by atoms with Crippen molar-refractivity contribution in [2.45, 2.75) is 18.9 Å². The molecule has 2 rings (SSSR count). The van der Waals surface area contributed by atoms with Gasteiger partial charge in [0.1, 0.15) is 0 Å². The van der Waals surface area contributed by atoms with E-state index in [4.69, 9.17) is 23.2 Å². The van der Waals surface area contributed by atoms with Crippen molar-refractivity contribution in [3.05, 3.63) is 33.8 Å². The summed E-state index contributed by atoms with van der Waals surface area (Å²) in [5.74, 6) is 0.484. The van der Waals surface area contributed by atoms with Crippen LogP contribution in [0.5, 0.6) is 0 Å². The summed E-state index contributed by atoms with van der Waals surface area (Å²) in [5.41, 5.74) is 0.506. The van der Waals surface area contributed by atoms with Crippen molar-refractivity contribution in [3.8, 4) is 0 Å². The first-order valence-electron chi connectivity index (χ1n) is 6.30. The molecule has 0 saturated heterocycles. The number of hydrogen-bond donors (Lipinski definition) is 1. The molecule has 0 heterocycles. The highest BCUT2D eigenvalue weighted by Gasteiger charge is 2.28. The second-order valence-corrected chi connectivity index (χ2v) is 6.08. The quantitative estimate of drug-likeness (QED) is 0.850. The third kappa shape index (κ3) is 3.93. The van der Waals surface area contributed by atoms with Crippen LogP contribution in [0.3, 0.4) is 0 Å². The number of benzene rings is 1. The van der Waals surface area contributed by atoms with E-state index in [2.05, 4.69) is 0 Å². The molecule has 104 valence electrons. The third-order valence-electron chi connectivity index (χ3n) is 3.43. The standard InChI is InChI=1S/C14H17Cl2NO2/c1-17(7-9-4-11(18)5-9)8-14(19)12-3-2-10(15)6-13(12)16/h2-3,6,9,11,18H,4-5,7-8H2,1H3. The first-order valence-corrected chi connectivity index (χ1v) is 7.06. The van der Waals surface area contributed by atoms with Crippen LogP contribution in [0.2, 0.25) is 10.0 Å². The molecule has 1 aromatic carbocycles. The van der Waals surface area contributed by atoms with E-state index in [-0.39, 0.29) is 11.9 Å². The molecule has 0 aliphatic heterocycles. The van der Waals surface area contributed by atoms with E-state index in [1.807, 2.05) is 11.9 Å². The molecule has 1 aliphatic rings. The molecule has 5 heteroatoms. The fourth-order valence-electron chi connectivity index (χ4n) is 2.40. The molecule has 19 heavy (non-hydrogen) atoms. The van der Waals surface area contributed by atoms with Crippen molar-refractivity contribution in [1.29, 1.82) is 0 Å². The van der Waals surface area contributed by atoms with Gasteiger partial charge in [-0.25, -0.2) is 0 Å². The average molecular weight is 302 g/mol. The van der Waals surface area contributed by atoms with Gasteiger partial charge in [0.25, 0.3) is 0 Å². The third-order valence-corrected chi connectivity index (χ3v) is 3.97. The van der Waals surface area contributed by atoms with Gasteiger partial charge in [-0.05, 0) is 44.0 Å². The summed E-state index contributed by atoms with van der Waals surface area (Å²) >= 11 is 11.8. The van der Waals surface area contributed by atoms with E-state index in [9.17, 15) is 9.90 Å². The van der Waals surface area contributed by atoms with Crippen LogP contribution in [-0.2, 0) is 0 Å². The number of carbonyl (C=O) groups excluding carboxylic acids is 1. The Morgan fingerprint density at radius 3 is 2.68 bits per heavy atom. The summed E-state index contributed by atoms with van der Waals surface area (Å²) in [4.78, 5) is 14.1. The van der Waals surface area contributed by atoms with Crippen LogP contribution in [0.4, 0.5) is 0 Å². The Labute approximate surface area is 123 Å². The van der Waals surface area contributed by atoms with Gasteiger partial charge in [0.05, 0.1) is 17.7 Å². The number of aliphatic hydroxyl groups excluding tert-OH is 1. The lowest BCUT2D eigenvalue weighted by atomic mass is 9.82. The van der Waals surface area contributed by atoms with Crippen LogP contribution < -0.4 is 0 Å². The van der Waals surface area contributed by atoms with Crippen LogP contribution in [-0.4, -0.2) is 42.0 Å². The molecular weight excluding hydrogens is 285 g/mol. The van der Waals surface area contributed by atoms with Crippen LogP contribution >= 0.6 is 23.2 Å². The minimum absolute atomic E-state index is 0.0101. The number of Topliss-reactive ketones (excluding diaryl/α,β-unsaturated/α-hetero) is 1. The van der Waals surface area contributed by atoms with Crippen LogP contribution in [0.15, 0.2) is 18.2 Å². The molecule has 0 spiro atoms. The molecule has 1 saturated carbocycles. The molecule has 0 bridgehead atoms. The number of aliphatic hydroxyl groups is 1. The van der Waals surface area contributed by atoms with Gasteiger partial charge in [0.2, 0.25) is 0 Å². The number of carbonyl (C=O) groups is 1. The zero-order valence-electron chi connectivity index (χ0n) is 10.8. The summed E-state index contributed by atoms with van der Waals surface area (Å²) in [6.07, 6.45) is 1.51. The Balaban J connectivity index is 1.89. The minimum atomic E-state index is -0.153. The number of rotatable bonds is 5. The molecule has 0 amide bonds. The van der Waals surface area contributed by atoms with Crippen LogP contribution in [0.1, 0.15) is 23.2 Å². The Bertz CT molecular complexity index is 473. The van der Waals surface area contributed by atoms with Gasteiger partial charge in [-0.2, -0.15) is 0 Å². The Kier molecular flexibility index (Phi) is 4.85. The Morgan fingerprint density at radius 1 is 1.42 bits per heavy atom. The maximum atomic E-state index is 12.1. The van der Waals surface area contributed by atoms with Crippen molar-refractivity contribution >= 4 is 29.0 Å². The number of ketones is 1. The van der Waals surface area contributed by atoms with Crippen molar-refractivity contribution < 1.29 is 9.90 Å². The predicted molar refractivity (Wildman–Crippen MR) is 77.0 cm³/mol. The second kappa shape index (κ2) is 6.23. The van der Waals surface area contributed by atoms with Gasteiger partial charge in [0, 0.05) is 17.1 Å². The molecule has 0 unspecified atom stereocenters. The molecule has 1 aliphatic carbocycles. The number of likely N-dealkylation sites (N-methyl/N-ethyl adjacent to an activating group) is 1. The zero-order valence-corrected chi connectivity index (χ0v) is 12.3. The molecular formula is C14H17Cl2NO2. The van der Waals surface area contributed by atoms with Gasteiger partial charge in [-0.3, -0.25) is 9.69 Å². The van der Waals surface area contributed by atoms with Crippen molar-refractivity contribution in [1.82, 2.24) is 4.90 Å². The maximum Gasteiger partial charge on any atom is 0.178 e. The fraction of sp³-hybridized carbons (Fsp3) is 0.500. The first kappa shape index (κ1) is 14.8. The van der Waals surface area contributed by atoms with Gasteiger partial charge >= 0.3 is 0 Å². The molecule has 3 nitrogen and oxygen atoms in total. The summed E-state index contributed by atoms with van der Waals surface area (Å²) < 4.78 is 0. The monoisotopic (exact) mass is 301 g/mol. The van der Waals surface area contributed by atoms with E-state index in [0.29, 0.717) is 28.1 Å². The SMILES string of the molecule is CN(CC(=O)c1ccc(Cl)cc1Cl)CC1CC(O)C1. The van der Waals surface area contributed by atoms with Gasteiger partial charge in [-0.15, -0.1) is 0 Å². The molecule has 1 fully saturated rings. The lowest BCUT2D eigenvalue weighted by Crippen LogP contribution is -2.38. The van der Waals surface area contributed by atoms with Crippen molar-refractivity contribution in [3.63, 3.8) is 0 Å². The van der Waals surface area contributed by atoms with E-state index in [1.54, 1.807) is 18.2 Å². The van der Waals surface area contributed by atoms with Gasteiger partial charge in [-0.1, -0.05) is 23.2 Å². The number of nitrogens with zero attached hydrogens (tertiary/aromatic N) is 1. The van der Waals surface area contributed by atoms with Crippen LogP contribution in [0.25, 0.3) is 0 Å².